The predicted molar refractivity (Wildman–Crippen MR) is 105 cm³/mol. The van der Waals surface area contributed by atoms with E-state index in [0.717, 1.165) is 43.4 Å². The Balaban J connectivity index is 0.00000338. The van der Waals surface area contributed by atoms with E-state index in [0.29, 0.717) is 23.8 Å². The summed E-state index contributed by atoms with van der Waals surface area (Å²) in [6.07, 6.45) is 5.79. The Labute approximate surface area is 151 Å². The second-order valence-electron chi connectivity index (χ2n) is 6.22. The van der Waals surface area contributed by atoms with Crippen LogP contribution >= 0.6 is 0 Å². The summed E-state index contributed by atoms with van der Waals surface area (Å²) in [5.74, 6) is 0.445. The number of anilines is 1. The van der Waals surface area contributed by atoms with Gasteiger partial charge in [0.1, 0.15) is 0 Å². The molecule has 0 spiro atoms. The van der Waals surface area contributed by atoms with Gasteiger partial charge in [0.15, 0.2) is 0 Å². The van der Waals surface area contributed by atoms with Crippen LogP contribution in [0, 0.1) is 6.92 Å². The smallest absolute Gasteiger partial charge is 0.255 e. The van der Waals surface area contributed by atoms with Crippen molar-refractivity contribution in [1.82, 2.24) is 15.3 Å². The molecular formula is C20H30N4O. The highest BCUT2D eigenvalue weighted by molar-refractivity contribution is 5.99. The Morgan fingerprint density at radius 3 is 2.64 bits per heavy atom. The molecule has 1 aromatic heterocycles. The van der Waals surface area contributed by atoms with Crippen LogP contribution in [0.15, 0.2) is 30.5 Å². The second-order valence-corrected chi connectivity index (χ2v) is 6.22. The minimum absolute atomic E-state index is 0. The summed E-state index contributed by atoms with van der Waals surface area (Å²) in [6.45, 7) is 7.77. The summed E-state index contributed by atoms with van der Waals surface area (Å²) in [6, 6.07) is 8.04. The quantitative estimate of drug-likeness (QED) is 0.661. The lowest BCUT2D eigenvalue weighted by atomic mass is 10.0. The van der Waals surface area contributed by atoms with Crippen molar-refractivity contribution in [1.29, 1.82) is 0 Å². The summed E-state index contributed by atoms with van der Waals surface area (Å²) < 4.78 is 0. The fourth-order valence-corrected chi connectivity index (χ4v) is 2.50. The molecule has 1 aromatic carbocycles. The van der Waals surface area contributed by atoms with Crippen LogP contribution in [0.5, 0.6) is 0 Å². The number of nitrogens with one attached hydrogen (secondary N) is 2. The summed E-state index contributed by atoms with van der Waals surface area (Å²) in [4.78, 5) is 21.5. The maximum atomic E-state index is 12.6. The van der Waals surface area contributed by atoms with Crippen LogP contribution in [-0.4, -0.2) is 29.0 Å². The molecule has 1 heterocycles. The average molecular weight is 342 g/mol. The molecule has 0 fully saturated rings. The number of hydrogen-bond acceptors (Lipinski definition) is 4. The van der Waals surface area contributed by atoms with Crippen LogP contribution in [0.4, 0.5) is 5.95 Å². The molecule has 0 saturated heterocycles. The van der Waals surface area contributed by atoms with Gasteiger partial charge in [-0.15, -0.1) is 0 Å². The number of carbonyl (C=O) groups excluding carboxylic acids is 1. The third kappa shape index (κ3) is 5.55. The van der Waals surface area contributed by atoms with E-state index in [2.05, 4.69) is 34.4 Å². The molecule has 0 bridgehead atoms. The van der Waals surface area contributed by atoms with Gasteiger partial charge in [0, 0.05) is 26.3 Å². The third-order valence-corrected chi connectivity index (χ3v) is 3.95. The topological polar surface area (TPSA) is 66.9 Å². The molecule has 0 saturated carbocycles. The Bertz CT molecular complexity index is 706. The van der Waals surface area contributed by atoms with Crippen LogP contribution in [0.2, 0.25) is 0 Å². The zero-order chi connectivity index (χ0) is 18.1. The number of rotatable bonds is 9. The lowest BCUT2D eigenvalue weighted by molar-refractivity contribution is 0.0953. The molecular weight excluding hydrogens is 312 g/mol. The van der Waals surface area contributed by atoms with E-state index in [9.17, 15) is 4.79 Å². The van der Waals surface area contributed by atoms with Crippen LogP contribution < -0.4 is 10.6 Å². The summed E-state index contributed by atoms with van der Waals surface area (Å²) in [5, 5.41) is 6.19. The molecule has 2 N–H and O–H groups in total. The van der Waals surface area contributed by atoms with E-state index in [1.807, 2.05) is 31.2 Å². The van der Waals surface area contributed by atoms with Gasteiger partial charge in [0.25, 0.3) is 5.91 Å². The van der Waals surface area contributed by atoms with Crippen molar-refractivity contribution in [3.8, 4) is 11.3 Å². The molecule has 2 aromatic rings. The van der Waals surface area contributed by atoms with Crippen molar-refractivity contribution in [3.05, 3.63) is 41.6 Å². The van der Waals surface area contributed by atoms with E-state index < -0.39 is 0 Å². The highest BCUT2D eigenvalue weighted by Gasteiger charge is 2.16. The Kier molecular flexibility index (Phi) is 7.38. The molecule has 0 aliphatic carbocycles. The molecule has 136 valence electrons. The SMILES string of the molecule is CCCCNC(=O)c1cnc(NCCCC)nc1-c1cccc(C)c1.[HH]. The second kappa shape index (κ2) is 9.77. The monoisotopic (exact) mass is 342 g/mol. The van der Waals surface area contributed by atoms with Crippen LogP contribution in [0.25, 0.3) is 11.3 Å². The van der Waals surface area contributed by atoms with Crippen molar-refractivity contribution in [2.45, 2.75) is 46.5 Å². The molecule has 0 atom stereocenters. The first kappa shape index (κ1) is 18.9. The lowest BCUT2D eigenvalue weighted by Crippen LogP contribution is -2.25. The number of amides is 1. The third-order valence-electron chi connectivity index (χ3n) is 3.95. The van der Waals surface area contributed by atoms with E-state index in [-0.39, 0.29) is 7.33 Å². The number of aryl methyl sites for hydroxylation is 1. The van der Waals surface area contributed by atoms with Gasteiger partial charge < -0.3 is 10.6 Å². The first-order chi connectivity index (χ1) is 12.2. The van der Waals surface area contributed by atoms with Gasteiger partial charge in [-0.3, -0.25) is 4.79 Å². The Hall–Kier alpha value is -2.43. The van der Waals surface area contributed by atoms with Crippen LogP contribution in [0.1, 0.15) is 56.9 Å². The summed E-state index contributed by atoms with van der Waals surface area (Å²) >= 11 is 0. The van der Waals surface area contributed by atoms with E-state index in [1.54, 1.807) is 6.20 Å². The molecule has 2 rings (SSSR count). The van der Waals surface area contributed by atoms with E-state index in [1.165, 1.54) is 0 Å². The molecule has 0 radical (unpaired) electrons. The molecule has 0 aliphatic rings. The minimum Gasteiger partial charge on any atom is -0.354 e. The van der Waals surface area contributed by atoms with Gasteiger partial charge >= 0.3 is 0 Å². The summed E-state index contributed by atoms with van der Waals surface area (Å²) in [7, 11) is 0. The zero-order valence-corrected chi connectivity index (χ0v) is 15.4. The number of unbranched alkanes of at least 4 members (excludes halogenated alkanes) is 2. The molecule has 25 heavy (non-hydrogen) atoms. The zero-order valence-electron chi connectivity index (χ0n) is 15.4. The number of hydrogen-bond donors (Lipinski definition) is 2. The van der Waals surface area contributed by atoms with Gasteiger partial charge in [-0.25, -0.2) is 9.97 Å². The Morgan fingerprint density at radius 1 is 1.16 bits per heavy atom. The van der Waals surface area contributed by atoms with E-state index >= 15 is 0 Å². The van der Waals surface area contributed by atoms with Gasteiger partial charge in [0.05, 0.1) is 11.3 Å². The molecule has 0 aliphatic heterocycles. The van der Waals surface area contributed by atoms with Crippen molar-refractivity contribution in [2.75, 3.05) is 18.4 Å². The standard InChI is InChI=1S/C20H28N4O.H2/c1-4-6-11-21-19(25)17-14-23-20(22-12-7-5-2)24-18(17)16-10-8-9-15(3)13-16;/h8-10,13-14H,4-7,11-12H2,1-3H3,(H,21,25)(H,22,23,24);1H. The highest BCUT2D eigenvalue weighted by Crippen LogP contribution is 2.23. The van der Waals surface area contributed by atoms with Crippen molar-refractivity contribution < 1.29 is 6.22 Å². The fraction of sp³-hybridized carbons (Fsp3) is 0.450. The molecule has 5 heteroatoms. The van der Waals surface area contributed by atoms with Gasteiger partial charge in [-0.2, -0.15) is 0 Å². The Morgan fingerprint density at radius 2 is 1.92 bits per heavy atom. The highest BCUT2D eigenvalue weighted by atomic mass is 16.1. The summed E-state index contributed by atoms with van der Waals surface area (Å²) in [5.41, 5.74) is 3.25. The number of carbonyl (C=O) groups is 1. The average Bonchev–Trinajstić information content (AvgIpc) is 2.62. The van der Waals surface area contributed by atoms with Crippen LogP contribution in [-0.2, 0) is 0 Å². The van der Waals surface area contributed by atoms with Gasteiger partial charge in [-0.05, 0) is 25.8 Å². The van der Waals surface area contributed by atoms with Gasteiger partial charge in [0.2, 0.25) is 5.95 Å². The van der Waals surface area contributed by atoms with E-state index in [4.69, 9.17) is 0 Å². The van der Waals surface area contributed by atoms with Crippen molar-refractivity contribution >= 4 is 11.9 Å². The maximum absolute atomic E-state index is 12.6. The van der Waals surface area contributed by atoms with Crippen molar-refractivity contribution in [3.63, 3.8) is 0 Å². The molecule has 1 amide bonds. The fourth-order valence-electron chi connectivity index (χ4n) is 2.50. The molecule has 0 unspecified atom stereocenters. The normalized spacial score (nSPS) is 10.5. The van der Waals surface area contributed by atoms with Crippen LogP contribution in [0.3, 0.4) is 0 Å². The first-order valence-corrected chi connectivity index (χ1v) is 9.11. The van der Waals surface area contributed by atoms with Gasteiger partial charge in [-0.1, -0.05) is 50.5 Å². The van der Waals surface area contributed by atoms with Crippen molar-refractivity contribution in [2.24, 2.45) is 0 Å². The number of aromatic nitrogens is 2. The predicted octanol–water partition coefficient (Wildman–Crippen LogP) is 4.44. The lowest BCUT2D eigenvalue weighted by Gasteiger charge is -2.12. The number of benzene rings is 1. The number of nitrogens with zero attached hydrogens (tertiary/aromatic N) is 2. The first-order valence-electron chi connectivity index (χ1n) is 9.11. The molecule has 5 nitrogen and oxygen atoms in total. The maximum Gasteiger partial charge on any atom is 0.255 e. The minimum atomic E-state index is -0.120. The largest absolute Gasteiger partial charge is 0.354 e.